The number of fused-ring (bicyclic) bond motifs is 1. The second-order valence-corrected chi connectivity index (χ2v) is 3.81. The maximum absolute atomic E-state index is 9.56. The van der Waals surface area contributed by atoms with Gasteiger partial charge in [-0.25, -0.2) is 0 Å². The Bertz CT molecular complexity index is 485. The van der Waals surface area contributed by atoms with E-state index in [1.807, 2.05) is 18.2 Å². The molecule has 4 heteroatoms. The van der Waals surface area contributed by atoms with Gasteiger partial charge in [-0.05, 0) is 12.1 Å². The topological polar surface area (TPSA) is 33.3 Å². The van der Waals surface area contributed by atoms with Crippen LogP contribution in [0, 0.1) is 0 Å². The average molecular weight is 255 g/mol. The van der Waals surface area contributed by atoms with Crippen molar-refractivity contribution in [3.05, 3.63) is 34.9 Å². The van der Waals surface area contributed by atoms with Crippen molar-refractivity contribution in [3.8, 4) is 5.75 Å². The van der Waals surface area contributed by atoms with Crippen LogP contribution in [0.3, 0.4) is 0 Å². The minimum Gasteiger partial charge on any atom is -0.496 e. The molecule has 0 unspecified atom stereocenters. The minimum absolute atomic E-state index is 0.707. The van der Waals surface area contributed by atoms with Crippen LogP contribution in [-0.2, 0) is 0 Å². The fourth-order valence-electron chi connectivity index (χ4n) is 1.39. The standard InChI is InChI=1S/C10H9BrNO2/c1-14-10-4-5-12(13)9-6-7(11)2-3-8(9)10/h2-6,13H,1H3/q+1. The van der Waals surface area contributed by atoms with E-state index in [0.717, 1.165) is 20.3 Å². The summed E-state index contributed by atoms with van der Waals surface area (Å²) < 4.78 is 7.17. The summed E-state index contributed by atoms with van der Waals surface area (Å²) in [6.07, 6.45) is 1.55. The van der Waals surface area contributed by atoms with Gasteiger partial charge in [0.15, 0.2) is 0 Å². The van der Waals surface area contributed by atoms with E-state index in [1.54, 1.807) is 19.4 Å². The van der Waals surface area contributed by atoms with Crippen molar-refractivity contribution < 1.29 is 14.7 Å². The van der Waals surface area contributed by atoms with Crippen molar-refractivity contribution >= 4 is 26.8 Å². The van der Waals surface area contributed by atoms with Crippen LogP contribution in [0.15, 0.2) is 34.9 Å². The number of hydrogen-bond acceptors (Lipinski definition) is 2. The highest BCUT2D eigenvalue weighted by atomic mass is 79.9. The summed E-state index contributed by atoms with van der Waals surface area (Å²) in [6.45, 7) is 0. The molecule has 0 aliphatic heterocycles. The smallest absolute Gasteiger partial charge is 0.269 e. The summed E-state index contributed by atoms with van der Waals surface area (Å²) >= 11 is 3.35. The maximum Gasteiger partial charge on any atom is 0.269 e. The first-order valence-electron chi connectivity index (χ1n) is 4.09. The lowest BCUT2D eigenvalue weighted by Crippen LogP contribution is -2.29. The molecule has 0 fully saturated rings. The van der Waals surface area contributed by atoms with Gasteiger partial charge in [-0.3, -0.25) is 5.21 Å². The van der Waals surface area contributed by atoms with Gasteiger partial charge < -0.3 is 4.74 Å². The van der Waals surface area contributed by atoms with Crippen LogP contribution in [0.2, 0.25) is 0 Å². The molecule has 1 heterocycles. The van der Waals surface area contributed by atoms with Gasteiger partial charge in [-0.15, -0.1) is 0 Å². The third-order valence-corrected chi connectivity index (χ3v) is 2.55. The summed E-state index contributed by atoms with van der Waals surface area (Å²) in [6, 6.07) is 7.35. The Hall–Kier alpha value is -1.29. The van der Waals surface area contributed by atoms with E-state index >= 15 is 0 Å². The van der Waals surface area contributed by atoms with E-state index in [-0.39, 0.29) is 0 Å². The van der Waals surface area contributed by atoms with Crippen molar-refractivity contribution in [2.45, 2.75) is 0 Å². The Morgan fingerprint density at radius 1 is 1.36 bits per heavy atom. The van der Waals surface area contributed by atoms with Gasteiger partial charge in [0, 0.05) is 21.3 Å². The van der Waals surface area contributed by atoms with E-state index in [0.29, 0.717) is 5.52 Å². The zero-order valence-electron chi connectivity index (χ0n) is 7.57. The van der Waals surface area contributed by atoms with Gasteiger partial charge in [0.2, 0.25) is 6.20 Å². The van der Waals surface area contributed by atoms with Crippen LogP contribution < -0.4 is 9.47 Å². The van der Waals surface area contributed by atoms with Gasteiger partial charge in [0.1, 0.15) is 5.75 Å². The Morgan fingerprint density at radius 3 is 2.86 bits per heavy atom. The van der Waals surface area contributed by atoms with Crippen LogP contribution >= 0.6 is 15.9 Å². The molecule has 0 saturated carbocycles. The second-order valence-electron chi connectivity index (χ2n) is 2.89. The number of ether oxygens (including phenoxy) is 1. The number of methoxy groups -OCH3 is 1. The largest absolute Gasteiger partial charge is 0.496 e. The fraction of sp³-hybridized carbons (Fsp3) is 0.100. The van der Waals surface area contributed by atoms with Crippen LogP contribution in [-0.4, -0.2) is 12.3 Å². The molecule has 1 N–H and O–H groups in total. The molecule has 1 aromatic heterocycles. The Balaban J connectivity index is 2.84. The van der Waals surface area contributed by atoms with E-state index in [2.05, 4.69) is 15.9 Å². The van der Waals surface area contributed by atoms with Crippen molar-refractivity contribution in [2.75, 3.05) is 7.11 Å². The third-order valence-electron chi connectivity index (χ3n) is 2.06. The lowest BCUT2D eigenvalue weighted by Gasteiger charge is -2.01. The molecule has 72 valence electrons. The number of benzene rings is 1. The number of pyridine rings is 1. The number of halogens is 1. The van der Waals surface area contributed by atoms with Gasteiger partial charge in [-0.1, -0.05) is 15.9 Å². The summed E-state index contributed by atoms with van der Waals surface area (Å²) in [5.74, 6) is 0.748. The highest BCUT2D eigenvalue weighted by Crippen LogP contribution is 2.24. The zero-order chi connectivity index (χ0) is 10.1. The lowest BCUT2D eigenvalue weighted by molar-refractivity contribution is -0.884. The molecule has 2 rings (SSSR count). The molecule has 0 saturated heterocycles. The molecule has 0 aliphatic rings. The van der Waals surface area contributed by atoms with Crippen LogP contribution in [0.5, 0.6) is 5.75 Å². The van der Waals surface area contributed by atoms with Gasteiger partial charge in [-0.2, -0.15) is 0 Å². The highest BCUT2D eigenvalue weighted by molar-refractivity contribution is 9.10. The molecule has 3 nitrogen and oxygen atoms in total. The van der Waals surface area contributed by atoms with Gasteiger partial charge in [0.05, 0.1) is 12.5 Å². The summed E-state index contributed by atoms with van der Waals surface area (Å²) in [5.41, 5.74) is 0.707. The third kappa shape index (κ3) is 1.42. The fourth-order valence-corrected chi connectivity index (χ4v) is 1.74. The molecule has 0 aliphatic carbocycles. The first kappa shape index (κ1) is 9.27. The Labute approximate surface area is 89.6 Å². The predicted octanol–water partition coefficient (Wildman–Crippen LogP) is 2.14. The number of nitrogens with zero attached hydrogens (tertiary/aromatic N) is 1. The van der Waals surface area contributed by atoms with Crippen molar-refractivity contribution in [1.82, 2.24) is 0 Å². The SMILES string of the molecule is COc1cc[n+](O)c2cc(Br)ccc12. The average Bonchev–Trinajstić information content (AvgIpc) is 2.19. The van der Waals surface area contributed by atoms with Crippen LogP contribution in [0.25, 0.3) is 10.9 Å². The van der Waals surface area contributed by atoms with E-state index < -0.39 is 0 Å². The quantitative estimate of drug-likeness (QED) is 0.625. The molecule has 0 spiro atoms. The van der Waals surface area contributed by atoms with Crippen molar-refractivity contribution in [3.63, 3.8) is 0 Å². The molecule has 0 atom stereocenters. The molecule has 0 amide bonds. The molecule has 0 bridgehead atoms. The molecular formula is C10H9BrNO2+. The highest BCUT2D eigenvalue weighted by Gasteiger charge is 2.12. The van der Waals surface area contributed by atoms with E-state index in [4.69, 9.17) is 4.74 Å². The predicted molar refractivity (Wildman–Crippen MR) is 55.6 cm³/mol. The number of rotatable bonds is 1. The molecule has 14 heavy (non-hydrogen) atoms. The van der Waals surface area contributed by atoms with Crippen molar-refractivity contribution in [2.24, 2.45) is 0 Å². The van der Waals surface area contributed by atoms with Gasteiger partial charge >= 0.3 is 0 Å². The Morgan fingerprint density at radius 2 is 2.14 bits per heavy atom. The van der Waals surface area contributed by atoms with Gasteiger partial charge in [0.25, 0.3) is 5.52 Å². The van der Waals surface area contributed by atoms with E-state index in [1.165, 1.54) is 0 Å². The first-order chi connectivity index (χ1) is 6.72. The minimum atomic E-state index is 0.707. The normalized spacial score (nSPS) is 10.4. The van der Waals surface area contributed by atoms with Crippen molar-refractivity contribution in [1.29, 1.82) is 0 Å². The maximum atomic E-state index is 9.56. The second kappa shape index (κ2) is 3.46. The van der Waals surface area contributed by atoms with E-state index in [9.17, 15) is 5.21 Å². The summed E-state index contributed by atoms with van der Waals surface area (Å²) in [5, 5.41) is 10.4. The molecule has 2 aromatic rings. The number of aromatic nitrogens is 1. The number of hydrogen-bond donors (Lipinski definition) is 1. The summed E-state index contributed by atoms with van der Waals surface area (Å²) in [4.78, 5) is 0. The lowest BCUT2D eigenvalue weighted by atomic mass is 10.2. The zero-order valence-corrected chi connectivity index (χ0v) is 9.15. The monoisotopic (exact) mass is 254 g/mol. The first-order valence-corrected chi connectivity index (χ1v) is 4.89. The van der Waals surface area contributed by atoms with Crippen LogP contribution in [0.4, 0.5) is 0 Å². The Kier molecular flexibility index (Phi) is 2.29. The summed E-state index contributed by atoms with van der Waals surface area (Å²) in [7, 11) is 1.61. The molecule has 0 radical (unpaired) electrons. The molecule has 1 aromatic carbocycles. The molecular weight excluding hydrogens is 246 g/mol. The van der Waals surface area contributed by atoms with Crippen LogP contribution in [0.1, 0.15) is 0 Å².